The van der Waals surface area contributed by atoms with Crippen molar-refractivity contribution in [3.8, 4) is 0 Å². The lowest BCUT2D eigenvalue weighted by molar-refractivity contribution is -0.132. The van der Waals surface area contributed by atoms with Gasteiger partial charge in [-0.05, 0) is 41.3 Å². The summed E-state index contributed by atoms with van der Waals surface area (Å²) in [5.74, 6) is -0.199. The average molecular weight is 372 g/mol. The van der Waals surface area contributed by atoms with Crippen LogP contribution in [-0.4, -0.2) is 35.8 Å². The molecular formula is C24H24N2O2. The van der Waals surface area contributed by atoms with E-state index in [1.54, 1.807) is 0 Å². The molecule has 1 fully saturated rings. The molecule has 4 heteroatoms. The Morgan fingerprint density at radius 2 is 1.54 bits per heavy atom. The van der Waals surface area contributed by atoms with E-state index < -0.39 is 6.04 Å². The summed E-state index contributed by atoms with van der Waals surface area (Å²) in [6, 6.07) is 22.9. The predicted molar refractivity (Wildman–Crippen MR) is 111 cm³/mol. The van der Waals surface area contributed by atoms with Crippen LogP contribution in [-0.2, 0) is 11.2 Å². The number of rotatable bonds is 5. The SMILES string of the molecule is O=C(NC(Cc1ccccc1)C(=O)N1CCCC1)c1ccc2ccccc2c1. The number of nitrogens with zero attached hydrogens (tertiary/aromatic N) is 1. The van der Waals surface area contributed by atoms with Gasteiger partial charge in [-0.1, -0.05) is 60.7 Å². The smallest absolute Gasteiger partial charge is 0.251 e. The number of fused-ring (bicyclic) bond motifs is 1. The minimum Gasteiger partial charge on any atom is -0.341 e. The normalized spacial score (nSPS) is 14.8. The Hall–Kier alpha value is -3.14. The number of hydrogen-bond acceptors (Lipinski definition) is 2. The van der Waals surface area contributed by atoms with Gasteiger partial charge in [0.2, 0.25) is 5.91 Å². The summed E-state index contributed by atoms with van der Waals surface area (Å²) >= 11 is 0. The van der Waals surface area contributed by atoms with E-state index in [4.69, 9.17) is 0 Å². The molecule has 0 saturated carbocycles. The molecule has 1 unspecified atom stereocenters. The number of carbonyl (C=O) groups excluding carboxylic acids is 2. The van der Waals surface area contributed by atoms with Gasteiger partial charge in [0.05, 0.1) is 0 Å². The van der Waals surface area contributed by atoms with Crippen molar-refractivity contribution in [1.29, 1.82) is 0 Å². The molecular weight excluding hydrogens is 348 g/mol. The van der Waals surface area contributed by atoms with Gasteiger partial charge >= 0.3 is 0 Å². The van der Waals surface area contributed by atoms with Crippen molar-refractivity contribution in [1.82, 2.24) is 10.2 Å². The van der Waals surface area contributed by atoms with Crippen molar-refractivity contribution in [2.24, 2.45) is 0 Å². The molecule has 0 bridgehead atoms. The molecule has 0 aromatic heterocycles. The fourth-order valence-electron chi connectivity index (χ4n) is 3.78. The standard InChI is InChI=1S/C24H24N2O2/c27-23(21-13-12-19-10-4-5-11-20(19)17-21)25-22(16-18-8-2-1-3-9-18)24(28)26-14-6-7-15-26/h1-5,8-13,17,22H,6-7,14-16H2,(H,25,27). The molecule has 1 N–H and O–H groups in total. The van der Waals surface area contributed by atoms with Crippen molar-refractivity contribution in [2.75, 3.05) is 13.1 Å². The number of carbonyl (C=O) groups is 2. The molecule has 1 aliphatic rings. The van der Waals surface area contributed by atoms with E-state index in [2.05, 4.69) is 5.32 Å². The Bertz CT molecular complexity index is 978. The van der Waals surface area contributed by atoms with Crippen LogP contribution in [0.1, 0.15) is 28.8 Å². The Kier molecular flexibility index (Phi) is 5.38. The number of nitrogens with one attached hydrogen (secondary N) is 1. The summed E-state index contributed by atoms with van der Waals surface area (Å²) in [5, 5.41) is 5.10. The Morgan fingerprint density at radius 1 is 0.857 bits per heavy atom. The minimum atomic E-state index is -0.556. The topological polar surface area (TPSA) is 49.4 Å². The lowest BCUT2D eigenvalue weighted by Crippen LogP contribution is -2.49. The molecule has 3 aromatic carbocycles. The van der Waals surface area contributed by atoms with Gasteiger partial charge in [0.15, 0.2) is 0 Å². The van der Waals surface area contributed by atoms with Crippen LogP contribution in [0, 0.1) is 0 Å². The van der Waals surface area contributed by atoms with Crippen molar-refractivity contribution in [2.45, 2.75) is 25.3 Å². The molecule has 0 aliphatic carbocycles. The van der Waals surface area contributed by atoms with Gasteiger partial charge < -0.3 is 10.2 Å². The van der Waals surface area contributed by atoms with Crippen LogP contribution in [0.25, 0.3) is 10.8 Å². The summed E-state index contributed by atoms with van der Waals surface area (Å²) in [6.07, 6.45) is 2.56. The summed E-state index contributed by atoms with van der Waals surface area (Å²) < 4.78 is 0. The third-order valence-electron chi connectivity index (χ3n) is 5.32. The third kappa shape index (κ3) is 4.06. The maximum Gasteiger partial charge on any atom is 0.251 e. The van der Waals surface area contributed by atoms with Crippen molar-refractivity contribution in [3.05, 3.63) is 83.9 Å². The van der Waals surface area contributed by atoms with E-state index in [9.17, 15) is 9.59 Å². The highest BCUT2D eigenvalue weighted by Gasteiger charge is 2.28. The van der Waals surface area contributed by atoms with E-state index in [0.717, 1.165) is 42.3 Å². The van der Waals surface area contributed by atoms with Crippen LogP contribution < -0.4 is 5.32 Å². The first-order chi connectivity index (χ1) is 13.7. The highest BCUT2D eigenvalue weighted by atomic mass is 16.2. The number of benzene rings is 3. The van der Waals surface area contributed by atoms with Crippen LogP contribution in [0.2, 0.25) is 0 Å². The minimum absolute atomic E-state index is 0.00972. The van der Waals surface area contributed by atoms with Gasteiger partial charge in [0.25, 0.3) is 5.91 Å². The highest BCUT2D eigenvalue weighted by molar-refractivity contribution is 6.00. The molecule has 4 nitrogen and oxygen atoms in total. The Balaban J connectivity index is 1.56. The van der Waals surface area contributed by atoms with Crippen molar-refractivity contribution in [3.63, 3.8) is 0 Å². The Morgan fingerprint density at radius 3 is 2.29 bits per heavy atom. The maximum atomic E-state index is 13.0. The van der Waals surface area contributed by atoms with Gasteiger partial charge in [-0.3, -0.25) is 9.59 Å². The zero-order chi connectivity index (χ0) is 19.3. The maximum absolute atomic E-state index is 13.0. The summed E-state index contributed by atoms with van der Waals surface area (Å²) in [7, 11) is 0. The second-order valence-corrected chi connectivity index (χ2v) is 7.31. The van der Waals surface area contributed by atoms with Gasteiger partial charge in [-0.25, -0.2) is 0 Å². The van der Waals surface area contributed by atoms with Crippen LogP contribution in [0.5, 0.6) is 0 Å². The predicted octanol–water partition coefficient (Wildman–Crippen LogP) is 3.80. The second kappa shape index (κ2) is 8.26. The van der Waals surface area contributed by atoms with Crippen LogP contribution >= 0.6 is 0 Å². The molecule has 142 valence electrons. The molecule has 3 aromatic rings. The number of amides is 2. The third-order valence-corrected chi connectivity index (χ3v) is 5.32. The molecule has 28 heavy (non-hydrogen) atoms. The average Bonchev–Trinajstić information content (AvgIpc) is 3.28. The van der Waals surface area contributed by atoms with Crippen molar-refractivity contribution >= 4 is 22.6 Å². The van der Waals surface area contributed by atoms with Gasteiger partial charge in [-0.15, -0.1) is 0 Å². The molecule has 1 atom stereocenters. The van der Waals surface area contributed by atoms with E-state index in [0.29, 0.717) is 12.0 Å². The molecule has 1 aliphatic heterocycles. The molecule has 1 saturated heterocycles. The summed E-state index contributed by atoms with van der Waals surface area (Å²) in [5.41, 5.74) is 1.62. The number of hydrogen-bond donors (Lipinski definition) is 1. The first-order valence-corrected chi connectivity index (χ1v) is 9.83. The second-order valence-electron chi connectivity index (χ2n) is 7.31. The Labute approximate surface area is 165 Å². The van der Waals surface area contributed by atoms with Crippen LogP contribution in [0.4, 0.5) is 0 Å². The summed E-state index contributed by atoms with van der Waals surface area (Å²) in [4.78, 5) is 27.8. The van der Waals surface area contributed by atoms with Crippen molar-refractivity contribution < 1.29 is 9.59 Å². The van der Waals surface area contributed by atoms with E-state index in [-0.39, 0.29) is 11.8 Å². The molecule has 2 amide bonds. The van der Waals surface area contributed by atoms with Crippen LogP contribution in [0.15, 0.2) is 72.8 Å². The summed E-state index contributed by atoms with van der Waals surface area (Å²) in [6.45, 7) is 1.55. The highest BCUT2D eigenvalue weighted by Crippen LogP contribution is 2.17. The lowest BCUT2D eigenvalue weighted by atomic mass is 10.0. The van der Waals surface area contributed by atoms with E-state index >= 15 is 0 Å². The van der Waals surface area contributed by atoms with Gasteiger partial charge in [0.1, 0.15) is 6.04 Å². The molecule has 4 rings (SSSR count). The fourth-order valence-corrected chi connectivity index (χ4v) is 3.78. The lowest BCUT2D eigenvalue weighted by Gasteiger charge is -2.24. The van der Waals surface area contributed by atoms with Crippen LogP contribution in [0.3, 0.4) is 0 Å². The largest absolute Gasteiger partial charge is 0.341 e. The zero-order valence-corrected chi connectivity index (χ0v) is 15.8. The van der Waals surface area contributed by atoms with E-state index in [1.807, 2.05) is 77.7 Å². The van der Waals surface area contributed by atoms with E-state index in [1.165, 1.54) is 0 Å². The molecule has 0 radical (unpaired) electrons. The fraction of sp³-hybridized carbons (Fsp3) is 0.250. The first kappa shape index (κ1) is 18.2. The van der Waals surface area contributed by atoms with Gasteiger partial charge in [-0.2, -0.15) is 0 Å². The quantitative estimate of drug-likeness (QED) is 0.740. The zero-order valence-electron chi connectivity index (χ0n) is 15.8. The molecule has 1 heterocycles. The molecule has 0 spiro atoms. The monoisotopic (exact) mass is 372 g/mol. The van der Waals surface area contributed by atoms with Gasteiger partial charge in [0, 0.05) is 25.1 Å². The number of likely N-dealkylation sites (tertiary alicyclic amines) is 1. The first-order valence-electron chi connectivity index (χ1n) is 9.83.